The van der Waals surface area contributed by atoms with Gasteiger partial charge < -0.3 is 10.2 Å². The van der Waals surface area contributed by atoms with Gasteiger partial charge in [-0.1, -0.05) is 28.1 Å². The van der Waals surface area contributed by atoms with Crippen LogP contribution in [-0.4, -0.2) is 39.6 Å². The Hall–Kier alpha value is -2.15. The zero-order valence-corrected chi connectivity index (χ0v) is 14.8. The molecule has 1 saturated heterocycles. The van der Waals surface area contributed by atoms with Gasteiger partial charge in [-0.2, -0.15) is 5.10 Å². The van der Waals surface area contributed by atoms with Gasteiger partial charge >= 0.3 is 0 Å². The molecule has 0 spiro atoms. The van der Waals surface area contributed by atoms with Crippen LogP contribution in [0.25, 0.3) is 0 Å². The van der Waals surface area contributed by atoms with Crippen molar-refractivity contribution in [3.8, 4) is 0 Å². The van der Waals surface area contributed by atoms with Gasteiger partial charge in [-0.15, -0.1) is 0 Å². The number of carbonyl (C=O) groups is 2. The summed E-state index contributed by atoms with van der Waals surface area (Å²) in [6, 6.07) is 9.71. The number of amides is 2. The summed E-state index contributed by atoms with van der Waals surface area (Å²) in [7, 11) is 0. The lowest BCUT2D eigenvalue weighted by Gasteiger charge is -2.25. The Morgan fingerprint density at radius 2 is 2.00 bits per heavy atom. The molecule has 24 heavy (non-hydrogen) atoms. The van der Waals surface area contributed by atoms with Crippen LogP contribution in [-0.2, 0) is 16.1 Å². The number of hydrogen-bond donors (Lipinski definition) is 1. The van der Waals surface area contributed by atoms with E-state index in [1.54, 1.807) is 21.8 Å². The molecule has 1 N–H and O–H groups in total. The Balaban J connectivity index is 1.61. The third-order valence-electron chi connectivity index (χ3n) is 3.99. The molecule has 2 amide bonds. The van der Waals surface area contributed by atoms with Gasteiger partial charge in [0, 0.05) is 23.5 Å². The van der Waals surface area contributed by atoms with Crippen molar-refractivity contribution in [3.63, 3.8) is 0 Å². The van der Waals surface area contributed by atoms with Gasteiger partial charge in [0.25, 0.3) is 0 Å². The summed E-state index contributed by atoms with van der Waals surface area (Å²) in [5.41, 5.74) is 1.09. The standard InChI is InChI=1S/C17H19BrN4O2/c18-14-6-4-13(5-7-14)11-22-15(8-9-19-22)20-16(23)12-21-10-2-1-3-17(21)24/h4-9H,1-3,10-12H2,(H,20,23). The molecule has 0 bridgehead atoms. The van der Waals surface area contributed by atoms with Crippen LogP contribution in [0.5, 0.6) is 0 Å². The predicted octanol–water partition coefficient (Wildman–Crippen LogP) is 2.64. The maximum Gasteiger partial charge on any atom is 0.245 e. The summed E-state index contributed by atoms with van der Waals surface area (Å²) >= 11 is 3.41. The van der Waals surface area contributed by atoms with E-state index in [1.165, 1.54) is 0 Å². The van der Waals surface area contributed by atoms with Crippen LogP contribution in [0.1, 0.15) is 24.8 Å². The number of nitrogens with one attached hydrogen (secondary N) is 1. The first-order chi connectivity index (χ1) is 11.6. The maximum absolute atomic E-state index is 12.2. The fraction of sp³-hybridized carbons (Fsp3) is 0.353. The quantitative estimate of drug-likeness (QED) is 0.852. The number of piperidine rings is 1. The van der Waals surface area contributed by atoms with Crippen LogP contribution in [0.3, 0.4) is 0 Å². The Morgan fingerprint density at radius 1 is 1.21 bits per heavy atom. The Bertz CT molecular complexity index is 726. The second kappa shape index (κ2) is 7.61. The fourth-order valence-corrected chi connectivity index (χ4v) is 2.98. The minimum Gasteiger partial charge on any atom is -0.333 e. The summed E-state index contributed by atoms with van der Waals surface area (Å²) in [5.74, 6) is 0.495. The largest absolute Gasteiger partial charge is 0.333 e. The summed E-state index contributed by atoms with van der Waals surface area (Å²) in [6.45, 7) is 1.32. The van der Waals surface area contributed by atoms with Crippen LogP contribution in [0.2, 0.25) is 0 Å². The molecular weight excluding hydrogens is 372 g/mol. The molecule has 0 aliphatic carbocycles. The lowest BCUT2D eigenvalue weighted by atomic mass is 10.1. The number of hydrogen-bond acceptors (Lipinski definition) is 3. The Kier molecular flexibility index (Phi) is 5.30. The normalized spacial score (nSPS) is 14.7. The van der Waals surface area contributed by atoms with E-state index >= 15 is 0 Å². The van der Waals surface area contributed by atoms with Gasteiger partial charge in [0.2, 0.25) is 11.8 Å². The Labute approximate surface area is 149 Å². The molecule has 0 saturated carbocycles. The molecule has 7 heteroatoms. The average molecular weight is 391 g/mol. The number of aromatic nitrogens is 2. The zero-order chi connectivity index (χ0) is 16.9. The summed E-state index contributed by atoms with van der Waals surface area (Å²) in [6.07, 6.45) is 4.06. The van der Waals surface area contributed by atoms with Gasteiger partial charge in [0.1, 0.15) is 5.82 Å². The topological polar surface area (TPSA) is 67.2 Å². The van der Waals surface area contributed by atoms with E-state index < -0.39 is 0 Å². The number of rotatable bonds is 5. The summed E-state index contributed by atoms with van der Waals surface area (Å²) in [4.78, 5) is 25.6. The molecule has 1 fully saturated rings. The number of halogens is 1. The second-order valence-electron chi connectivity index (χ2n) is 5.82. The lowest BCUT2D eigenvalue weighted by molar-refractivity contribution is -0.136. The molecule has 1 aliphatic rings. The van der Waals surface area contributed by atoms with E-state index in [9.17, 15) is 9.59 Å². The number of benzene rings is 1. The fourth-order valence-electron chi connectivity index (χ4n) is 2.71. The minimum atomic E-state index is -0.192. The van der Waals surface area contributed by atoms with Crippen molar-refractivity contribution < 1.29 is 9.59 Å². The lowest BCUT2D eigenvalue weighted by Crippen LogP contribution is -2.41. The number of carbonyl (C=O) groups excluding carboxylic acids is 2. The second-order valence-corrected chi connectivity index (χ2v) is 6.74. The highest BCUT2D eigenvalue weighted by molar-refractivity contribution is 9.10. The van der Waals surface area contributed by atoms with Crippen LogP contribution < -0.4 is 5.32 Å². The number of anilines is 1. The highest BCUT2D eigenvalue weighted by atomic mass is 79.9. The van der Waals surface area contributed by atoms with Crippen molar-refractivity contribution in [3.05, 3.63) is 46.6 Å². The van der Waals surface area contributed by atoms with Gasteiger partial charge in [-0.3, -0.25) is 9.59 Å². The first-order valence-electron chi connectivity index (χ1n) is 7.96. The molecule has 0 radical (unpaired) electrons. The zero-order valence-electron chi connectivity index (χ0n) is 13.2. The van der Waals surface area contributed by atoms with E-state index in [2.05, 4.69) is 26.3 Å². The minimum absolute atomic E-state index is 0.0553. The van der Waals surface area contributed by atoms with Crippen molar-refractivity contribution >= 4 is 33.6 Å². The van der Waals surface area contributed by atoms with Crippen LogP contribution >= 0.6 is 15.9 Å². The van der Waals surface area contributed by atoms with Gasteiger partial charge in [0.15, 0.2) is 0 Å². The molecule has 1 aromatic heterocycles. The molecule has 1 aliphatic heterocycles. The van der Waals surface area contributed by atoms with E-state index in [4.69, 9.17) is 0 Å². The average Bonchev–Trinajstić information content (AvgIpc) is 2.98. The third kappa shape index (κ3) is 4.23. The smallest absolute Gasteiger partial charge is 0.245 e. The van der Waals surface area contributed by atoms with Crippen LogP contribution in [0, 0.1) is 0 Å². The monoisotopic (exact) mass is 390 g/mol. The first kappa shape index (κ1) is 16.7. The molecule has 2 heterocycles. The van der Waals surface area contributed by atoms with Gasteiger partial charge in [-0.05, 0) is 30.5 Å². The van der Waals surface area contributed by atoms with Crippen LogP contribution in [0.15, 0.2) is 41.0 Å². The molecular formula is C17H19BrN4O2. The molecule has 3 rings (SSSR count). The molecule has 1 aromatic carbocycles. The summed E-state index contributed by atoms with van der Waals surface area (Å²) < 4.78 is 2.76. The van der Waals surface area contributed by atoms with Gasteiger partial charge in [-0.25, -0.2) is 4.68 Å². The van der Waals surface area contributed by atoms with E-state index in [1.807, 2.05) is 24.3 Å². The molecule has 6 nitrogen and oxygen atoms in total. The summed E-state index contributed by atoms with van der Waals surface area (Å²) in [5, 5.41) is 7.11. The number of nitrogens with zero attached hydrogens (tertiary/aromatic N) is 3. The van der Waals surface area contributed by atoms with Crippen molar-refractivity contribution in [2.24, 2.45) is 0 Å². The SMILES string of the molecule is O=C(CN1CCCCC1=O)Nc1ccnn1Cc1ccc(Br)cc1. The molecule has 126 valence electrons. The Morgan fingerprint density at radius 3 is 2.75 bits per heavy atom. The first-order valence-corrected chi connectivity index (χ1v) is 8.75. The molecule has 2 aromatic rings. The predicted molar refractivity (Wildman–Crippen MR) is 94.5 cm³/mol. The van der Waals surface area contributed by atoms with E-state index in [0.717, 1.165) is 22.9 Å². The van der Waals surface area contributed by atoms with Gasteiger partial charge in [0.05, 0.1) is 19.3 Å². The highest BCUT2D eigenvalue weighted by Gasteiger charge is 2.20. The van der Waals surface area contributed by atoms with Crippen molar-refractivity contribution in [2.45, 2.75) is 25.8 Å². The highest BCUT2D eigenvalue weighted by Crippen LogP contribution is 2.15. The molecule has 0 atom stereocenters. The van der Waals surface area contributed by atoms with Crippen molar-refractivity contribution in [1.82, 2.24) is 14.7 Å². The number of likely N-dealkylation sites (tertiary alicyclic amines) is 1. The van der Waals surface area contributed by atoms with E-state index in [-0.39, 0.29) is 18.4 Å². The van der Waals surface area contributed by atoms with Crippen molar-refractivity contribution in [2.75, 3.05) is 18.4 Å². The maximum atomic E-state index is 12.2. The third-order valence-corrected chi connectivity index (χ3v) is 4.51. The van der Waals surface area contributed by atoms with E-state index in [0.29, 0.717) is 25.3 Å². The molecule has 0 unspecified atom stereocenters. The van der Waals surface area contributed by atoms with Crippen molar-refractivity contribution in [1.29, 1.82) is 0 Å². The van der Waals surface area contributed by atoms with Crippen LogP contribution in [0.4, 0.5) is 5.82 Å².